The van der Waals surface area contributed by atoms with Crippen molar-refractivity contribution in [1.82, 2.24) is 4.90 Å². The summed E-state index contributed by atoms with van der Waals surface area (Å²) < 4.78 is 28.6. The first-order valence-electron chi connectivity index (χ1n) is 7.00. The highest BCUT2D eigenvalue weighted by Gasteiger charge is 2.29. The van der Waals surface area contributed by atoms with Crippen LogP contribution in [-0.2, 0) is 19.4 Å². The third-order valence-corrected chi connectivity index (χ3v) is 5.53. The summed E-state index contributed by atoms with van der Waals surface area (Å²) in [4.78, 5) is 14.1. The zero-order valence-electron chi connectivity index (χ0n) is 12.1. The highest BCUT2D eigenvalue weighted by atomic mass is 32.2. The molecule has 0 aromatic carbocycles. The topological polar surface area (TPSA) is 63.7 Å². The smallest absolute Gasteiger partial charge is 0.226 e. The van der Waals surface area contributed by atoms with E-state index in [1.54, 1.807) is 11.8 Å². The van der Waals surface area contributed by atoms with Gasteiger partial charge in [-0.3, -0.25) is 4.79 Å². The minimum absolute atomic E-state index is 0.0134. The SMILES string of the molecule is CCN(C(=O)C1CCOCC1)C(C)CS(=O)(=O)CC. The molecule has 0 radical (unpaired) electrons. The molecule has 1 atom stereocenters. The second kappa shape index (κ2) is 7.24. The fourth-order valence-corrected chi connectivity index (χ4v) is 3.59. The molecule has 1 aliphatic heterocycles. The van der Waals surface area contributed by atoms with Crippen molar-refractivity contribution >= 4 is 15.7 Å². The Morgan fingerprint density at radius 2 is 1.89 bits per heavy atom. The quantitative estimate of drug-likeness (QED) is 0.735. The van der Waals surface area contributed by atoms with Gasteiger partial charge in [-0.15, -0.1) is 0 Å². The van der Waals surface area contributed by atoms with Crippen molar-refractivity contribution in [1.29, 1.82) is 0 Å². The van der Waals surface area contributed by atoms with Crippen LogP contribution in [0.1, 0.15) is 33.6 Å². The molecule has 1 amide bonds. The molecular formula is C13H25NO4S. The second-order valence-electron chi connectivity index (χ2n) is 5.06. The molecule has 0 aromatic rings. The fourth-order valence-electron chi connectivity index (χ4n) is 2.44. The van der Waals surface area contributed by atoms with E-state index in [0.717, 1.165) is 12.8 Å². The molecule has 0 spiro atoms. The summed E-state index contributed by atoms with van der Waals surface area (Å²) in [6.07, 6.45) is 1.48. The van der Waals surface area contributed by atoms with E-state index in [1.165, 1.54) is 0 Å². The van der Waals surface area contributed by atoms with Crippen molar-refractivity contribution in [3.05, 3.63) is 0 Å². The molecule has 112 valence electrons. The molecule has 0 N–H and O–H groups in total. The first-order valence-corrected chi connectivity index (χ1v) is 8.82. The van der Waals surface area contributed by atoms with Gasteiger partial charge < -0.3 is 9.64 Å². The summed E-state index contributed by atoms with van der Waals surface area (Å²) in [6, 6.07) is -0.259. The van der Waals surface area contributed by atoms with Gasteiger partial charge in [-0.2, -0.15) is 0 Å². The van der Waals surface area contributed by atoms with Crippen LogP contribution in [0.3, 0.4) is 0 Å². The molecule has 0 saturated carbocycles. The number of nitrogens with zero attached hydrogens (tertiary/aromatic N) is 1. The van der Waals surface area contributed by atoms with Crippen molar-refractivity contribution in [3.8, 4) is 0 Å². The fraction of sp³-hybridized carbons (Fsp3) is 0.923. The predicted octanol–water partition coefficient (Wildman–Crippen LogP) is 1.08. The Morgan fingerprint density at radius 3 is 2.37 bits per heavy atom. The number of hydrogen-bond donors (Lipinski definition) is 0. The summed E-state index contributed by atoms with van der Waals surface area (Å²) in [6.45, 7) is 7.14. The zero-order chi connectivity index (χ0) is 14.5. The van der Waals surface area contributed by atoms with Crippen LogP contribution in [0, 0.1) is 5.92 Å². The molecule has 1 fully saturated rings. The van der Waals surface area contributed by atoms with Crippen molar-refractivity contribution in [2.45, 2.75) is 39.7 Å². The van der Waals surface area contributed by atoms with Crippen molar-refractivity contribution in [2.24, 2.45) is 5.92 Å². The standard InChI is InChI=1S/C13H25NO4S/c1-4-14(11(3)10-19(16,17)5-2)13(15)12-6-8-18-9-7-12/h11-12H,4-10H2,1-3H3. The normalized spacial score (nSPS) is 19.1. The lowest BCUT2D eigenvalue weighted by atomic mass is 9.98. The first kappa shape index (κ1) is 16.4. The third-order valence-electron chi connectivity index (χ3n) is 3.66. The van der Waals surface area contributed by atoms with Crippen LogP contribution in [0.25, 0.3) is 0 Å². The van der Waals surface area contributed by atoms with Crippen LogP contribution >= 0.6 is 0 Å². The maximum absolute atomic E-state index is 12.4. The largest absolute Gasteiger partial charge is 0.381 e. The van der Waals surface area contributed by atoms with Gasteiger partial charge in [0.15, 0.2) is 9.84 Å². The average molecular weight is 291 g/mol. The summed E-state index contributed by atoms with van der Waals surface area (Å²) >= 11 is 0. The first-order chi connectivity index (χ1) is 8.91. The number of amides is 1. The monoisotopic (exact) mass is 291 g/mol. The van der Waals surface area contributed by atoms with E-state index >= 15 is 0 Å². The molecule has 1 unspecified atom stereocenters. The number of rotatable bonds is 6. The maximum Gasteiger partial charge on any atom is 0.226 e. The van der Waals surface area contributed by atoms with Gasteiger partial charge in [0.2, 0.25) is 5.91 Å². The van der Waals surface area contributed by atoms with Crippen LogP contribution in [0.5, 0.6) is 0 Å². The van der Waals surface area contributed by atoms with E-state index in [4.69, 9.17) is 4.74 Å². The van der Waals surface area contributed by atoms with Crippen LogP contribution in [0.2, 0.25) is 0 Å². The number of hydrogen-bond acceptors (Lipinski definition) is 4. The van der Waals surface area contributed by atoms with Crippen molar-refractivity contribution < 1.29 is 17.9 Å². The van der Waals surface area contributed by atoms with Gasteiger partial charge in [0.25, 0.3) is 0 Å². The van der Waals surface area contributed by atoms with E-state index in [1.807, 2.05) is 13.8 Å². The van der Waals surface area contributed by atoms with E-state index < -0.39 is 9.84 Å². The molecule has 0 aromatic heterocycles. The molecule has 5 nitrogen and oxygen atoms in total. The Hall–Kier alpha value is -0.620. The molecule has 1 heterocycles. The molecule has 19 heavy (non-hydrogen) atoms. The van der Waals surface area contributed by atoms with Gasteiger partial charge in [0.05, 0.1) is 5.75 Å². The Labute approximate surface area is 116 Å². The number of carbonyl (C=O) groups excluding carboxylic acids is 1. The van der Waals surface area contributed by atoms with Crippen LogP contribution in [0.15, 0.2) is 0 Å². The third kappa shape index (κ3) is 4.76. The van der Waals surface area contributed by atoms with E-state index in [2.05, 4.69) is 0 Å². The van der Waals surface area contributed by atoms with Gasteiger partial charge >= 0.3 is 0 Å². The van der Waals surface area contributed by atoms with Crippen LogP contribution in [-0.4, -0.2) is 56.5 Å². The highest BCUT2D eigenvalue weighted by molar-refractivity contribution is 7.91. The average Bonchev–Trinajstić information content (AvgIpc) is 2.40. The second-order valence-corrected chi connectivity index (χ2v) is 7.46. The summed E-state index contributed by atoms with van der Waals surface area (Å²) in [7, 11) is -3.06. The Bertz CT molecular complexity index is 387. The number of ether oxygens (including phenoxy) is 1. The number of sulfone groups is 1. The van der Waals surface area contributed by atoms with Gasteiger partial charge in [-0.25, -0.2) is 8.42 Å². The Kier molecular flexibility index (Phi) is 6.26. The lowest BCUT2D eigenvalue weighted by Gasteiger charge is -2.32. The summed E-state index contributed by atoms with van der Waals surface area (Å²) in [5.74, 6) is 0.234. The molecular weight excluding hydrogens is 266 g/mol. The molecule has 1 saturated heterocycles. The minimum atomic E-state index is -3.06. The van der Waals surface area contributed by atoms with Gasteiger partial charge in [-0.05, 0) is 26.7 Å². The molecule has 0 aliphatic carbocycles. The van der Waals surface area contributed by atoms with Crippen LogP contribution in [0.4, 0.5) is 0 Å². The van der Waals surface area contributed by atoms with E-state index in [-0.39, 0.29) is 29.4 Å². The zero-order valence-corrected chi connectivity index (χ0v) is 12.9. The molecule has 6 heteroatoms. The Morgan fingerprint density at radius 1 is 1.32 bits per heavy atom. The predicted molar refractivity (Wildman–Crippen MR) is 74.7 cm³/mol. The van der Waals surface area contributed by atoms with Crippen molar-refractivity contribution in [3.63, 3.8) is 0 Å². The molecule has 1 rings (SSSR count). The minimum Gasteiger partial charge on any atom is -0.381 e. The maximum atomic E-state index is 12.4. The molecule has 0 bridgehead atoms. The van der Waals surface area contributed by atoms with E-state index in [9.17, 15) is 13.2 Å². The Balaban J connectivity index is 2.67. The summed E-state index contributed by atoms with van der Waals surface area (Å²) in [5, 5.41) is 0. The number of carbonyl (C=O) groups is 1. The lowest BCUT2D eigenvalue weighted by molar-refractivity contribution is -0.139. The summed E-state index contributed by atoms with van der Waals surface area (Å²) in [5.41, 5.74) is 0. The van der Waals surface area contributed by atoms with E-state index in [0.29, 0.717) is 19.8 Å². The lowest BCUT2D eigenvalue weighted by Crippen LogP contribution is -2.46. The van der Waals surface area contributed by atoms with Crippen molar-refractivity contribution in [2.75, 3.05) is 31.3 Å². The van der Waals surface area contributed by atoms with Gasteiger partial charge in [0, 0.05) is 37.5 Å². The van der Waals surface area contributed by atoms with Gasteiger partial charge in [0.1, 0.15) is 0 Å². The van der Waals surface area contributed by atoms with Gasteiger partial charge in [-0.1, -0.05) is 6.92 Å². The van der Waals surface area contributed by atoms with Crippen LogP contribution < -0.4 is 0 Å². The molecule has 1 aliphatic rings. The highest BCUT2D eigenvalue weighted by Crippen LogP contribution is 2.19.